The van der Waals surface area contributed by atoms with Crippen molar-refractivity contribution in [3.8, 4) is 0 Å². The molecule has 0 radical (unpaired) electrons. The molecule has 0 saturated heterocycles. The fourth-order valence-electron chi connectivity index (χ4n) is 1.53. The van der Waals surface area contributed by atoms with Crippen molar-refractivity contribution in [1.82, 2.24) is 0 Å². The van der Waals surface area contributed by atoms with E-state index in [9.17, 15) is 0 Å². The summed E-state index contributed by atoms with van der Waals surface area (Å²) < 4.78 is 0. The Kier molecular flexibility index (Phi) is 4.00. The summed E-state index contributed by atoms with van der Waals surface area (Å²) in [7, 11) is 0. The Morgan fingerprint density at radius 2 is 2.07 bits per heavy atom. The SMILES string of the molecule is Cc1c(Cl)cccc1NC(C)(C)CCN. The second kappa shape index (κ2) is 4.86. The number of hydrogen-bond acceptors (Lipinski definition) is 2. The van der Waals surface area contributed by atoms with Gasteiger partial charge < -0.3 is 11.1 Å². The summed E-state index contributed by atoms with van der Waals surface area (Å²) >= 11 is 6.06. The monoisotopic (exact) mass is 226 g/mol. The van der Waals surface area contributed by atoms with Gasteiger partial charge in [-0.15, -0.1) is 0 Å². The lowest BCUT2D eigenvalue weighted by Gasteiger charge is -2.28. The van der Waals surface area contributed by atoms with Gasteiger partial charge in [0, 0.05) is 16.2 Å². The lowest BCUT2D eigenvalue weighted by molar-refractivity contribution is 0.526. The van der Waals surface area contributed by atoms with Crippen LogP contribution in [0.25, 0.3) is 0 Å². The van der Waals surface area contributed by atoms with Crippen LogP contribution in [0.3, 0.4) is 0 Å². The number of rotatable bonds is 4. The van der Waals surface area contributed by atoms with Crippen molar-refractivity contribution < 1.29 is 0 Å². The molecule has 0 aliphatic heterocycles. The summed E-state index contributed by atoms with van der Waals surface area (Å²) in [5, 5.41) is 4.26. The maximum absolute atomic E-state index is 6.06. The van der Waals surface area contributed by atoms with Crippen LogP contribution in [0.4, 0.5) is 5.69 Å². The van der Waals surface area contributed by atoms with Crippen LogP contribution in [0.1, 0.15) is 25.8 Å². The van der Waals surface area contributed by atoms with E-state index in [1.807, 2.05) is 25.1 Å². The van der Waals surface area contributed by atoms with Crippen LogP contribution >= 0.6 is 11.6 Å². The van der Waals surface area contributed by atoms with Crippen LogP contribution in [-0.4, -0.2) is 12.1 Å². The largest absolute Gasteiger partial charge is 0.380 e. The predicted octanol–water partition coefficient (Wildman–Crippen LogP) is 3.19. The molecule has 0 aromatic heterocycles. The standard InChI is InChI=1S/C12H19ClN2/c1-9-10(13)5-4-6-11(9)15-12(2,3)7-8-14/h4-6,15H,7-8,14H2,1-3H3. The normalized spacial score (nSPS) is 11.5. The maximum Gasteiger partial charge on any atom is 0.0455 e. The Hall–Kier alpha value is -0.730. The average Bonchev–Trinajstić information content (AvgIpc) is 2.12. The Morgan fingerprint density at radius 3 is 2.67 bits per heavy atom. The smallest absolute Gasteiger partial charge is 0.0455 e. The van der Waals surface area contributed by atoms with Crippen LogP contribution in [-0.2, 0) is 0 Å². The van der Waals surface area contributed by atoms with Gasteiger partial charge in [-0.05, 0) is 51.4 Å². The molecule has 1 aromatic carbocycles. The summed E-state index contributed by atoms with van der Waals surface area (Å²) in [5.41, 5.74) is 7.75. The molecule has 3 N–H and O–H groups in total. The van der Waals surface area contributed by atoms with Crippen molar-refractivity contribution in [3.63, 3.8) is 0 Å². The van der Waals surface area contributed by atoms with Gasteiger partial charge in [-0.25, -0.2) is 0 Å². The van der Waals surface area contributed by atoms with Gasteiger partial charge >= 0.3 is 0 Å². The van der Waals surface area contributed by atoms with Gasteiger partial charge in [0.25, 0.3) is 0 Å². The first-order valence-electron chi connectivity index (χ1n) is 5.19. The number of nitrogens with one attached hydrogen (secondary N) is 1. The van der Waals surface area contributed by atoms with Crippen LogP contribution in [0, 0.1) is 6.92 Å². The molecule has 0 saturated carbocycles. The van der Waals surface area contributed by atoms with E-state index in [1.54, 1.807) is 0 Å². The Labute approximate surface area is 96.8 Å². The molecule has 84 valence electrons. The molecule has 0 atom stereocenters. The van der Waals surface area contributed by atoms with Gasteiger partial charge in [-0.3, -0.25) is 0 Å². The van der Waals surface area contributed by atoms with Gasteiger partial charge in [-0.2, -0.15) is 0 Å². The van der Waals surface area contributed by atoms with E-state index in [0.717, 1.165) is 22.7 Å². The first-order chi connectivity index (χ1) is 6.96. The lowest BCUT2D eigenvalue weighted by atomic mass is 9.99. The third kappa shape index (κ3) is 3.40. The quantitative estimate of drug-likeness (QED) is 0.828. The minimum atomic E-state index is 0.00416. The molecule has 3 heteroatoms. The van der Waals surface area contributed by atoms with Crippen molar-refractivity contribution in [3.05, 3.63) is 28.8 Å². The molecule has 0 aliphatic carbocycles. The Morgan fingerprint density at radius 1 is 1.40 bits per heavy atom. The molecule has 15 heavy (non-hydrogen) atoms. The highest BCUT2D eigenvalue weighted by atomic mass is 35.5. The van der Waals surface area contributed by atoms with E-state index in [-0.39, 0.29) is 5.54 Å². The average molecular weight is 227 g/mol. The molecule has 0 spiro atoms. The zero-order chi connectivity index (χ0) is 11.5. The van der Waals surface area contributed by atoms with E-state index in [2.05, 4.69) is 19.2 Å². The van der Waals surface area contributed by atoms with Crippen LogP contribution in [0.2, 0.25) is 5.02 Å². The third-order valence-corrected chi connectivity index (χ3v) is 2.92. The van der Waals surface area contributed by atoms with Gasteiger partial charge in [0.2, 0.25) is 0 Å². The highest BCUT2D eigenvalue weighted by Crippen LogP contribution is 2.26. The molecular formula is C12H19ClN2. The molecule has 0 bridgehead atoms. The number of hydrogen-bond donors (Lipinski definition) is 2. The minimum absolute atomic E-state index is 0.00416. The van der Waals surface area contributed by atoms with Gasteiger partial charge in [0.05, 0.1) is 0 Å². The van der Waals surface area contributed by atoms with E-state index in [1.165, 1.54) is 0 Å². The topological polar surface area (TPSA) is 38.0 Å². The second-order valence-corrected chi connectivity index (χ2v) is 4.87. The summed E-state index contributed by atoms with van der Waals surface area (Å²) in [6, 6.07) is 5.90. The molecule has 1 aromatic rings. The summed E-state index contributed by atoms with van der Waals surface area (Å²) in [6.07, 6.45) is 0.930. The van der Waals surface area contributed by atoms with Crippen LogP contribution < -0.4 is 11.1 Å². The minimum Gasteiger partial charge on any atom is -0.380 e. The summed E-state index contributed by atoms with van der Waals surface area (Å²) in [5.74, 6) is 0. The van der Waals surface area contributed by atoms with E-state index in [0.29, 0.717) is 6.54 Å². The van der Waals surface area contributed by atoms with Gasteiger partial charge in [0.1, 0.15) is 0 Å². The lowest BCUT2D eigenvalue weighted by Crippen LogP contribution is -2.33. The highest BCUT2D eigenvalue weighted by Gasteiger charge is 2.17. The molecular weight excluding hydrogens is 208 g/mol. The van der Waals surface area contributed by atoms with Crippen molar-refractivity contribution in [2.24, 2.45) is 5.73 Å². The molecule has 0 unspecified atom stereocenters. The van der Waals surface area contributed by atoms with Crippen LogP contribution in [0.15, 0.2) is 18.2 Å². The summed E-state index contributed by atoms with van der Waals surface area (Å²) in [4.78, 5) is 0. The van der Waals surface area contributed by atoms with Crippen molar-refractivity contribution in [2.75, 3.05) is 11.9 Å². The molecule has 0 aliphatic rings. The molecule has 1 rings (SSSR count). The zero-order valence-corrected chi connectivity index (χ0v) is 10.4. The maximum atomic E-state index is 6.06. The number of benzene rings is 1. The first kappa shape index (κ1) is 12.3. The number of nitrogens with two attached hydrogens (primary N) is 1. The predicted molar refractivity (Wildman–Crippen MR) is 67.6 cm³/mol. The third-order valence-electron chi connectivity index (χ3n) is 2.51. The van der Waals surface area contributed by atoms with Gasteiger partial charge in [-0.1, -0.05) is 17.7 Å². The first-order valence-corrected chi connectivity index (χ1v) is 5.57. The number of halogens is 1. The van der Waals surface area contributed by atoms with Crippen molar-refractivity contribution in [1.29, 1.82) is 0 Å². The zero-order valence-electron chi connectivity index (χ0n) is 9.60. The van der Waals surface area contributed by atoms with Gasteiger partial charge in [0.15, 0.2) is 0 Å². The summed E-state index contributed by atoms with van der Waals surface area (Å²) in [6.45, 7) is 6.98. The van der Waals surface area contributed by atoms with E-state index >= 15 is 0 Å². The molecule has 0 amide bonds. The molecule has 2 nitrogen and oxygen atoms in total. The van der Waals surface area contributed by atoms with Crippen molar-refractivity contribution >= 4 is 17.3 Å². The van der Waals surface area contributed by atoms with E-state index < -0.39 is 0 Å². The fourth-order valence-corrected chi connectivity index (χ4v) is 1.71. The Bertz CT molecular complexity index is 334. The number of anilines is 1. The van der Waals surface area contributed by atoms with Crippen LogP contribution in [0.5, 0.6) is 0 Å². The highest BCUT2D eigenvalue weighted by molar-refractivity contribution is 6.31. The molecule has 0 heterocycles. The van der Waals surface area contributed by atoms with E-state index in [4.69, 9.17) is 17.3 Å². The second-order valence-electron chi connectivity index (χ2n) is 4.46. The Balaban J connectivity index is 2.85. The molecule has 0 fully saturated rings. The fraction of sp³-hybridized carbons (Fsp3) is 0.500. The van der Waals surface area contributed by atoms with Crippen molar-refractivity contribution in [2.45, 2.75) is 32.7 Å².